The van der Waals surface area contributed by atoms with Gasteiger partial charge >= 0.3 is 0 Å². The number of halogens is 1. The molecule has 0 unspecified atom stereocenters. The monoisotopic (exact) mass is 361 g/mol. The third kappa shape index (κ3) is 4.83. The first-order valence-corrected chi connectivity index (χ1v) is 9.10. The van der Waals surface area contributed by atoms with E-state index in [1.807, 2.05) is 14.0 Å². The lowest BCUT2D eigenvalue weighted by Gasteiger charge is -2.18. The molecule has 0 radical (unpaired) electrons. The van der Waals surface area contributed by atoms with Crippen LogP contribution in [0.25, 0.3) is 0 Å². The zero-order chi connectivity index (χ0) is 16.2. The van der Waals surface area contributed by atoms with Gasteiger partial charge in [0.1, 0.15) is 0 Å². The topological polar surface area (TPSA) is 78.5 Å². The normalized spacial score (nSPS) is 16.0. The molecular weight excluding hydrogens is 338 g/mol. The van der Waals surface area contributed by atoms with E-state index in [9.17, 15) is 13.2 Å². The first-order chi connectivity index (χ1) is 10.5. The van der Waals surface area contributed by atoms with Crippen molar-refractivity contribution >= 4 is 34.0 Å². The molecule has 0 aromatic heterocycles. The summed E-state index contributed by atoms with van der Waals surface area (Å²) in [6, 6.07) is 5.18. The molecule has 1 heterocycles. The lowest BCUT2D eigenvalue weighted by atomic mass is 10.1. The molecule has 0 atom stereocenters. The SMILES string of the molecule is CNCCCNC(=O)c1ccc(N2CCCS2(=O)=O)cc1C.Cl. The van der Waals surface area contributed by atoms with Crippen molar-refractivity contribution in [1.82, 2.24) is 10.6 Å². The van der Waals surface area contributed by atoms with E-state index in [1.54, 1.807) is 18.2 Å². The van der Waals surface area contributed by atoms with Crippen LogP contribution in [-0.2, 0) is 10.0 Å². The number of hydrogen-bond donors (Lipinski definition) is 2. The molecule has 0 spiro atoms. The van der Waals surface area contributed by atoms with Gasteiger partial charge in [-0.1, -0.05) is 0 Å². The van der Waals surface area contributed by atoms with Crippen molar-refractivity contribution < 1.29 is 13.2 Å². The second-order valence-corrected chi connectivity index (χ2v) is 7.47. The maximum atomic E-state index is 12.1. The van der Waals surface area contributed by atoms with E-state index in [4.69, 9.17) is 0 Å². The summed E-state index contributed by atoms with van der Waals surface area (Å²) in [7, 11) is -1.31. The highest BCUT2D eigenvalue weighted by molar-refractivity contribution is 7.93. The maximum absolute atomic E-state index is 12.1. The largest absolute Gasteiger partial charge is 0.352 e. The van der Waals surface area contributed by atoms with Crippen LogP contribution in [0, 0.1) is 6.92 Å². The summed E-state index contributed by atoms with van der Waals surface area (Å²) in [5.41, 5.74) is 2.01. The number of rotatable bonds is 6. The Morgan fingerprint density at radius 2 is 2.04 bits per heavy atom. The molecule has 0 aliphatic carbocycles. The quantitative estimate of drug-likeness (QED) is 0.748. The van der Waals surface area contributed by atoms with Crippen molar-refractivity contribution in [2.24, 2.45) is 0 Å². The van der Waals surface area contributed by atoms with Crippen LogP contribution >= 0.6 is 12.4 Å². The number of carbonyl (C=O) groups is 1. The van der Waals surface area contributed by atoms with E-state index >= 15 is 0 Å². The van der Waals surface area contributed by atoms with Crippen molar-refractivity contribution in [1.29, 1.82) is 0 Å². The van der Waals surface area contributed by atoms with E-state index < -0.39 is 10.0 Å². The van der Waals surface area contributed by atoms with Crippen LogP contribution < -0.4 is 14.9 Å². The average molecular weight is 362 g/mol. The summed E-state index contributed by atoms with van der Waals surface area (Å²) in [5, 5.41) is 5.89. The molecule has 1 aromatic rings. The lowest BCUT2D eigenvalue weighted by Crippen LogP contribution is -2.28. The molecule has 1 aliphatic heterocycles. The second kappa shape index (κ2) is 8.52. The minimum Gasteiger partial charge on any atom is -0.352 e. The Bertz CT molecular complexity index is 649. The van der Waals surface area contributed by atoms with Crippen LogP contribution in [-0.4, -0.2) is 46.8 Å². The summed E-state index contributed by atoms with van der Waals surface area (Å²) in [5.74, 6) is 0.0733. The number of amides is 1. The summed E-state index contributed by atoms with van der Waals surface area (Å²) >= 11 is 0. The number of nitrogens with one attached hydrogen (secondary N) is 2. The number of sulfonamides is 1. The minimum absolute atomic E-state index is 0. The first kappa shape index (κ1) is 19.7. The summed E-state index contributed by atoms with van der Waals surface area (Å²) < 4.78 is 25.3. The number of nitrogens with zero attached hydrogens (tertiary/aromatic N) is 1. The van der Waals surface area contributed by atoms with Crippen molar-refractivity contribution in [2.45, 2.75) is 19.8 Å². The first-order valence-electron chi connectivity index (χ1n) is 7.49. The number of aryl methyl sites for hydroxylation is 1. The fourth-order valence-electron chi connectivity index (χ4n) is 2.55. The predicted octanol–water partition coefficient (Wildman–Crippen LogP) is 1.30. The van der Waals surface area contributed by atoms with Gasteiger partial charge in [0.05, 0.1) is 11.4 Å². The molecule has 2 N–H and O–H groups in total. The van der Waals surface area contributed by atoms with Crippen molar-refractivity contribution in [3.63, 3.8) is 0 Å². The van der Waals surface area contributed by atoms with Gasteiger partial charge in [0.2, 0.25) is 10.0 Å². The Balaban J connectivity index is 0.00000264. The predicted molar refractivity (Wildman–Crippen MR) is 95.1 cm³/mol. The second-order valence-electron chi connectivity index (χ2n) is 5.45. The van der Waals surface area contributed by atoms with Crippen LogP contribution in [0.15, 0.2) is 18.2 Å². The van der Waals surface area contributed by atoms with Crippen LogP contribution in [0.3, 0.4) is 0 Å². The average Bonchev–Trinajstić information content (AvgIpc) is 2.82. The smallest absolute Gasteiger partial charge is 0.251 e. The van der Waals surface area contributed by atoms with Crippen LogP contribution in [0.2, 0.25) is 0 Å². The molecule has 8 heteroatoms. The molecule has 1 aromatic carbocycles. The maximum Gasteiger partial charge on any atom is 0.251 e. The van der Waals surface area contributed by atoms with Crippen molar-refractivity contribution in [3.8, 4) is 0 Å². The van der Waals surface area contributed by atoms with Gasteiger partial charge in [-0.2, -0.15) is 0 Å². The zero-order valence-corrected chi connectivity index (χ0v) is 15.1. The van der Waals surface area contributed by atoms with Crippen LogP contribution in [0.4, 0.5) is 5.69 Å². The molecule has 130 valence electrons. The molecule has 0 bridgehead atoms. The van der Waals surface area contributed by atoms with E-state index in [1.165, 1.54) is 4.31 Å². The molecular formula is C15H24ClN3O3S. The van der Waals surface area contributed by atoms with Gasteiger partial charge < -0.3 is 10.6 Å². The number of anilines is 1. The highest BCUT2D eigenvalue weighted by Crippen LogP contribution is 2.26. The lowest BCUT2D eigenvalue weighted by molar-refractivity contribution is 0.0952. The highest BCUT2D eigenvalue weighted by Gasteiger charge is 2.28. The number of benzene rings is 1. The van der Waals surface area contributed by atoms with Crippen molar-refractivity contribution in [2.75, 3.05) is 36.7 Å². The molecule has 6 nitrogen and oxygen atoms in total. The van der Waals surface area contributed by atoms with Crippen molar-refractivity contribution in [3.05, 3.63) is 29.3 Å². The van der Waals surface area contributed by atoms with Crippen LogP contribution in [0.1, 0.15) is 28.8 Å². The van der Waals surface area contributed by atoms with Gasteiger partial charge in [0.25, 0.3) is 5.91 Å². The fraction of sp³-hybridized carbons (Fsp3) is 0.533. The van der Waals surface area contributed by atoms with Gasteiger partial charge in [0.15, 0.2) is 0 Å². The Hall–Kier alpha value is -1.31. The third-order valence-corrected chi connectivity index (χ3v) is 5.60. The number of carbonyl (C=O) groups excluding carboxylic acids is 1. The molecule has 1 amide bonds. The molecule has 1 aliphatic rings. The Morgan fingerprint density at radius 1 is 1.30 bits per heavy atom. The van der Waals surface area contributed by atoms with Gasteiger partial charge in [-0.25, -0.2) is 8.42 Å². The zero-order valence-electron chi connectivity index (χ0n) is 13.5. The molecule has 1 saturated heterocycles. The number of hydrogen-bond acceptors (Lipinski definition) is 4. The van der Waals surface area contributed by atoms with E-state index in [2.05, 4.69) is 10.6 Å². The Morgan fingerprint density at radius 3 is 2.61 bits per heavy atom. The summed E-state index contributed by atoms with van der Waals surface area (Å²) in [4.78, 5) is 12.1. The van der Waals surface area contributed by atoms with Gasteiger partial charge in [0, 0.05) is 18.7 Å². The highest BCUT2D eigenvalue weighted by atomic mass is 35.5. The molecule has 2 rings (SSSR count). The molecule has 23 heavy (non-hydrogen) atoms. The van der Waals surface area contributed by atoms with Gasteiger partial charge in [-0.15, -0.1) is 12.4 Å². The molecule has 0 saturated carbocycles. The minimum atomic E-state index is -3.18. The van der Waals surface area contributed by atoms with E-state index in [0.717, 1.165) is 18.5 Å². The van der Waals surface area contributed by atoms with E-state index in [-0.39, 0.29) is 24.1 Å². The summed E-state index contributed by atoms with van der Waals surface area (Å²) in [6.07, 6.45) is 1.51. The van der Waals surface area contributed by atoms with E-state index in [0.29, 0.717) is 30.8 Å². The van der Waals surface area contributed by atoms with Gasteiger partial charge in [-0.05, 0) is 57.1 Å². The fourth-order valence-corrected chi connectivity index (χ4v) is 4.11. The van der Waals surface area contributed by atoms with Gasteiger partial charge in [-0.3, -0.25) is 9.10 Å². The Kier molecular flexibility index (Phi) is 7.31. The molecule has 1 fully saturated rings. The Labute approximate surface area is 144 Å². The standard InChI is InChI=1S/C15H23N3O3S.ClH/c1-12-11-13(18-9-4-10-22(18,20)21)5-6-14(12)15(19)17-8-3-7-16-2;/h5-6,11,16H,3-4,7-10H2,1-2H3,(H,17,19);1H. The third-order valence-electron chi connectivity index (χ3n) is 3.73. The van der Waals surface area contributed by atoms with Crippen LogP contribution in [0.5, 0.6) is 0 Å². The summed E-state index contributed by atoms with van der Waals surface area (Å²) in [6.45, 7) is 3.80.